The van der Waals surface area contributed by atoms with Gasteiger partial charge in [-0.3, -0.25) is 4.79 Å². The number of carbonyl (C=O) groups excluding carboxylic acids is 1. The van der Waals surface area contributed by atoms with Crippen molar-refractivity contribution >= 4 is 11.6 Å². The van der Waals surface area contributed by atoms with E-state index in [1.807, 2.05) is 40.0 Å². The van der Waals surface area contributed by atoms with Gasteiger partial charge in [-0.2, -0.15) is 0 Å². The average molecular weight is 248 g/mol. The molecule has 1 aromatic rings. The van der Waals surface area contributed by atoms with E-state index < -0.39 is 5.54 Å². The normalized spacial score (nSPS) is 11.4. The molecule has 0 spiro atoms. The molecule has 1 N–H and O–H groups in total. The molecule has 0 bridgehead atoms. The molecule has 1 aromatic carbocycles. The second kappa shape index (κ2) is 6.01. The van der Waals surface area contributed by atoms with Gasteiger partial charge in [-0.1, -0.05) is 26.0 Å². The van der Waals surface area contributed by atoms with Gasteiger partial charge in [0, 0.05) is 12.7 Å². The summed E-state index contributed by atoms with van der Waals surface area (Å²) in [6.07, 6.45) is 1.01. The Bertz CT molecular complexity index is 395. The quantitative estimate of drug-likeness (QED) is 0.868. The zero-order chi connectivity index (χ0) is 13.8. The number of hydrogen-bond donors (Lipinski definition) is 1. The Morgan fingerprint density at radius 1 is 1.22 bits per heavy atom. The number of likely N-dealkylation sites (N-methyl/N-ethyl adjacent to an activating group) is 2. The SMILES string of the molecule is CCNC(C)(C)C(=O)N(C)c1ccc(CC)cc1. The van der Waals surface area contributed by atoms with Crippen LogP contribution in [0.15, 0.2) is 24.3 Å². The molecule has 0 unspecified atom stereocenters. The fourth-order valence-corrected chi connectivity index (χ4v) is 2.01. The van der Waals surface area contributed by atoms with Gasteiger partial charge in [0.1, 0.15) is 0 Å². The maximum atomic E-state index is 12.4. The van der Waals surface area contributed by atoms with Crippen LogP contribution >= 0.6 is 0 Å². The van der Waals surface area contributed by atoms with Crippen LogP contribution in [-0.4, -0.2) is 25.0 Å². The first-order chi connectivity index (χ1) is 8.42. The second-order valence-corrected chi connectivity index (χ2v) is 5.04. The zero-order valence-corrected chi connectivity index (χ0v) is 12.1. The Hall–Kier alpha value is -1.35. The van der Waals surface area contributed by atoms with E-state index in [0.29, 0.717) is 0 Å². The number of amides is 1. The average Bonchev–Trinajstić information content (AvgIpc) is 2.37. The second-order valence-electron chi connectivity index (χ2n) is 5.04. The number of hydrogen-bond acceptors (Lipinski definition) is 2. The maximum Gasteiger partial charge on any atom is 0.246 e. The molecule has 0 heterocycles. The third-order valence-electron chi connectivity index (χ3n) is 3.19. The summed E-state index contributed by atoms with van der Waals surface area (Å²) >= 11 is 0. The van der Waals surface area contributed by atoms with Crippen LogP contribution in [0.1, 0.15) is 33.3 Å². The number of nitrogens with one attached hydrogen (secondary N) is 1. The Morgan fingerprint density at radius 2 is 1.78 bits per heavy atom. The molecule has 0 saturated carbocycles. The van der Waals surface area contributed by atoms with Crippen molar-refractivity contribution in [2.24, 2.45) is 0 Å². The molecule has 0 atom stereocenters. The third kappa shape index (κ3) is 3.33. The summed E-state index contributed by atoms with van der Waals surface area (Å²) in [5.41, 5.74) is 1.68. The lowest BCUT2D eigenvalue weighted by Gasteiger charge is -2.30. The molecule has 100 valence electrons. The summed E-state index contributed by atoms with van der Waals surface area (Å²) in [7, 11) is 1.82. The van der Waals surface area contributed by atoms with Gasteiger partial charge in [-0.05, 0) is 44.5 Å². The molecular formula is C15H24N2O. The van der Waals surface area contributed by atoms with Crippen molar-refractivity contribution < 1.29 is 4.79 Å². The first-order valence-electron chi connectivity index (χ1n) is 6.54. The minimum atomic E-state index is -0.535. The highest BCUT2D eigenvalue weighted by Gasteiger charge is 2.29. The minimum Gasteiger partial charge on any atom is -0.314 e. The van der Waals surface area contributed by atoms with Crippen LogP contribution in [-0.2, 0) is 11.2 Å². The molecule has 0 aliphatic rings. The van der Waals surface area contributed by atoms with Gasteiger partial charge in [-0.15, -0.1) is 0 Å². The molecule has 1 amide bonds. The molecule has 1 rings (SSSR count). The molecule has 0 saturated heterocycles. The predicted octanol–water partition coefficient (Wildman–Crippen LogP) is 2.60. The molecular weight excluding hydrogens is 224 g/mol. The fourth-order valence-electron chi connectivity index (χ4n) is 2.01. The lowest BCUT2D eigenvalue weighted by atomic mass is 10.0. The molecule has 3 nitrogen and oxygen atoms in total. The van der Waals surface area contributed by atoms with Crippen LogP contribution < -0.4 is 10.2 Å². The Balaban J connectivity index is 2.85. The van der Waals surface area contributed by atoms with Gasteiger partial charge >= 0.3 is 0 Å². The van der Waals surface area contributed by atoms with Crippen LogP contribution in [0.25, 0.3) is 0 Å². The summed E-state index contributed by atoms with van der Waals surface area (Å²) in [4.78, 5) is 14.1. The van der Waals surface area contributed by atoms with Crippen LogP contribution in [0.2, 0.25) is 0 Å². The monoisotopic (exact) mass is 248 g/mol. The van der Waals surface area contributed by atoms with Gasteiger partial charge in [0.2, 0.25) is 5.91 Å². The van der Waals surface area contributed by atoms with E-state index >= 15 is 0 Å². The first kappa shape index (κ1) is 14.7. The molecule has 18 heavy (non-hydrogen) atoms. The van der Waals surface area contributed by atoms with Gasteiger partial charge < -0.3 is 10.2 Å². The van der Waals surface area contributed by atoms with Gasteiger partial charge in [0.25, 0.3) is 0 Å². The van der Waals surface area contributed by atoms with E-state index in [-0.39, 0.29) is 5.91 Å². The van der Waals surface area contributed by atoms with Crippen molar-refractivity contribution in [1.29, 1.82) is 0 Å². The van der Waals surface area contributed by atoms with E-state index in [1.54, 1.807) is 4.90 Å². The summed E-state index contributed by atoms with van der Waals surface area (Å²) in [5.74, 6) is 0.0774. The zero-order valence-electron chi connectivity index (χ0n) is 12.1. The standard InChI is InChI=1S/C15H24N2O/c1-6-12-8-10-13(11-9-12)17(5)14(18)15(3,4)16-7-2/h8-11,16H,6-7H2,1-5H3. The molecule has 0 aromatic heterocycles. The number of rotatable bonds is 5. The minimum absolute atomic E-state index is 0.0774. The lowest BCUT2D eigenvalue weighted by Crippen LogP contribution is -2.53. The summed E-state index contributed by atoms with van der Waals surface area (Å²) < 4.78 is 0. The Labute approximate surface area is 110 Å². The van der Waals surface area contributed by atoms with Gasteiger partial charge in [0.15, 0.2) is 0 Å². The maximum absolute atomic E-state index is 12.4. The molecule has 0 fully saturated rings. The van der Waals surface area contributed by atoms with Crippen molar-refractivity contribution in [3.8, 4) is 0 Å². The van der Waals surface area contributed by atoms with E-state index in [0.717, 1.165) is 18.7 Å². The highest BCUT2D eigenvalue weighted by Crippen LogP contribution is 2.18. The topological polar surface area (TPSA) is 32.3 Å². The fraction of sp³-hybridized carbons (Fsp3) is 0.533. The van der Waals surface area contributed by atoms with E-state index in [9.17, 15) is 4.79 Å². The Morgan fingerprint density at radius 3 is 2.22 bits per heavy atom. The number of benzene rings is 1. The molecule has 3 heteroatoms. The van der Waals surface area contributed by atoms with Gasteiger partial charge in [0.05, 0.1) is 5.54 Å². The van der Waals surface area contributed by atoms with Crippen molar-refractivity contribution in [3.63, 3.8) is 0 Å². The lowest BCUT2D eigenvalue weighted by molar-refractivity contribution is -0.123. The number of nitrogens with zero attached hydrogens (tertiary/aromatic N) is 1. The molecule has 0 aliphatic carbocycles. The van der Waals surface area contributed by atoms with Crippen LogP contribution in [0.5, 0.6) is 0 Å². The summed E-state index contributed by atoms with van der Waals surface area (Å²) in [6, 6.07) is 8.14. The van der Waals surface area contributed by atoms with Crippen LogP contribution in [0, 0.1) is 0 Å². The number of anilines is 1. The number of aryl methyl sites for hydroxylation is 1. The Kier molecular flexibility index (Phi) is 4.91. The van der Waals surface area contributed by atoms with Crippen LogP contribution in [0.3, 0.4) is 0 Å². The molecule has 0 radical (unpaired) electrons. The van der Waals surface area contributed by atoms with E-state index in [4.69, 9.17) is 0 Å². The molecule has 0 aliphatic heterocycles. The third-order valence-corrected chi connectivity index (χ3v) is 3.19. The summed E-state index contributed by atoms with van der Waals surface area (Å²) in [5, 5.41) is 3.20. The predicted molar refractivity (Wildman–Crippen MR) is 77.0 cm³/mol. The van der Waals surface area contributed by atoms with Crippen molar-refractivity contribution in [1.82, 2.24) is 5.32 Å². The largest absolute Gasteiger partial charge is 0.314 e. The van der Waals surface area contributed by atoms with Crippen molar-refractivity contribution in [2.45, 2.75) is 39.7 Å². The van der Waals surface area contributed by atoms with Gasteiger partial charge in [-0.25, -0.2) is 0 Å². The smallest absolute Gasteiger partial charge is 0.246 e. The number of carbonyl (C=O) groups is 1. The highest BCUT2D eigenvalue weighted by molar-refractivity contribution is 5.99. The van der Waals surface area contributed by atoms with E-state index in [2.05, 4.69) is 24.4 Å². The first-order valence-corrected chi connectivity index (χ1v) is 6.54. The van der Waals surface area contributed by atoms with Crippen molar-refractivity contribution in [2.75, 3.05) is 18.5 Å². The highest BCUT2D eigenvalue weighted by atomic mass is 16.2. The van der Waals surface area contributed by atoms with Crippen LogP contribution in [0.4, 0.5) is 5.69 Å². The van der Waals surface area contributed by atoms with E-state index in [1.165, 1.54) is 5.56 Å². The van der Waals surface area contributed by atoms with Crippen molar-refractivity contribution in [3.05, 3.63) is 29.8 Å². The summed E-state index contributed by atoms with van der Waals surface area (Å²) in [6.45, 7) is 8.73.